The number of aryl methyl sites for hydroxylation is 2. The molecule has 0 fully saturated rings. The maximum absolute atomic E-state index is 13.0. The fourth-order valence-corrected chi connectivity index (χ4v) is 4.59. The zero-order valence-electron chi connectivity index (χ0n) is 18.8. The van der Waals surface area contributed by atoms with Crippen LogP contribution < -0.4 is 19.1 Å². The van der Waals surface area contributed by atoms with Gasteiger partial charge < -0.3 is 14.8 Å². The molecule has 0 radical (unpaired) electrons. The summed E-state index contributed by atoms with van der Waals surface area (Å²) in [6.07, 6.45) is 0. The minimum Gasteiger partial charge on any atom is -0.484 e. The van der Waals surface area contributed by atoms with Crippen LogP contribution in [0.4, 0.5) is 20.2 Å². The van der Waals surface area contributed by atoms with Crippen LogP contribution in [0.25, 0.3) is 0 Å². The highest BCUT2D eigenvalue weighted by atomic mass is 32.2. The molecule has 1 amide bonds. The predicted molar refractivity (Wildman–Crippen MR) is 125 cm³/mol. The van der Waals surface area contributed by atoms with Gasteiger partial charge in [0, 0.05) is 12.7 Å². The van der Waals surface area contributed by atoms with E-state index in [1.165, 1.54) is 35.6 Å². The first kappa shape index (κ1) is 25.0. The Morgan fingerprint density at radius 1 is 0.971 bits per heavy atom. The van der Waals surface area contributed by atoms with E-state index in [0.717, 1.165) is 5.56 Å². The molecule has 0 saturated heterocycles. The largest absolute Gasteiger partial charge is 0.484 e. The van der Waals surface area contributed by atoms with Gasteiger partial charge in [-0.1, -0.05) is 12.1 Å². The number of carbonyl (C=O) groups is 1. The standard InChI is InChI=1S/C24H24F2N2O5S/c1-16-4-5-17(2)22(14-16)34(30,31)28(3)19-8-12-20(13-9-19)32-15-23(29)27-18-6-10-21(11-7-18)33-24(25)26/h4-14,24H,15H2,1-3H3,(H,27,29). The van der Waals surface area contributed by atoms with Gasteiger partial charge in [0.15, 0.2) is 6.61 Å². The van der Waals surface area contributed by atoms with E-state index in [2.05, 4.69) is 10.1 Å². The van der Waals surface area contributed by atoms with Crippen molar-refractivity contribution in [2.24, 2.45) is 0 Å². The minimum absolute atomic E-state index is 0.0196. The maximum Gasteiger partial charge on any atom is 0.387 e. The molecule has 0 heterocycles. The lowest BCUT2D eigenvalue weighted by Gasteiger charge is -2.21. The van der Waals surface area contributed by atoms with Crippen molar-refractivity contribution >= 4 is 27.3 Å². The second-order valence-electron chi connectivity index (χ2n) is 7.48. The van der Waals surface area contributed by atoms with Crippen molar-refractivity contribution in [2.45, 2.75) is 25.4 Å². The summed E-state index contributed by atoms with van der Waals surface area (Å²) in [4.78, 5) is 12.3. The van der Waals surface area contributed by atoms with Crippen LogP contribution in [0.3, 0.4) is 0 Å². The van der Waals surface area contributed by atoms with Crippen LogP contribution in [0, 0.1) is 13.8 Å². The van der Waals surface area contributed by atoms with E-state index in [1.54, 1.807) is 43.3 Å². The van der Waals surface area contributed by atoms with Gasteiger partial charge in [-0.05, 0) is 79.6 Å². The van der Waals surface area contributed by atoms with Gasteiger partial charge in [0.25, 0.3) is 15.9 Å². The molecule has 0 aliphatic heterocycles. The van der Waals surface area contributed by atoms with E-state index in [9.17, 15) is 22.0 Å². The second kappa shape index (κ2) is 10.5. The van der Waals surface area contributed by atoms with Crippen LogP contribution in [0.2, 0.25) is 0 Å². The van der Waals surface area contributed by atoms with Crippen molar-refractivity contribution in [3.8, 4) is 11.5 Å². The van der Waals surface area contributed by atoms with Gasteiger partial charge in [-0.2, -0.15) is 8.78 Å². The van der Waals surface area contributed by atoms with E-state index < -0.39 is 22.5 Å². The number of amides is 1. The Bertz CT molecular complexity index is 1250. The fourth-order valence-electron chi connectivity index (χ4n) is 3.09. The third-order valence-corrected chi connectivity index (χ3v) is 6.84. The number of nitrogens with zero attached hydrogens (tertiary/aromatic N) is 1. The monoisotopic (exact) mass is 490 g/mol. The Morgan fingerprint density at radius 2 is 1.59 bits per heavy atom. The Kier molecular flexibility index (Phi) is 7.72. The summed E-state index contributed by atoms with van der Waals surface area (Å²) in [5, 5.41) is 2.58. The zero-order valence-corrected chi connectivity index (χ0v) is 19.6. The van der Waals surface area contributed by atoms with Gasteiger partial charge in [0.1, 0.15) is 11.5 Å². The molecule has 34 heavy (non-hydrogen) atoms. The van der Waals surface area contributed by atoms with Crippen LogP contribution in [0.15, 0.2) is 71.6 Å². The molecule has 3 aromatic rings. The van der Waals surface area contributed by atoms with Crippen molar-refractivity contribution in [1.29, 1.82) is 0 Å². The van der Waals surface area contributed by atoms with Gasteiger partial charge in [0.2, 0.25) is 0 Å². The number of halogens is 2. The lowest BCUT2D eigenvalue weighted by Crippen LogP contribution is -2.27. The van der Waals surface area contributed by atoms with E-state index in [1.807, 2.05) is 13.0 Å². The first-order valence-corrected chi connectivity index (χ1v) is 11.6. The molecule has 0 bridgehead atoms. The lowest BCUT2D eigenvalue weighted by molar-refractivity contribution is -0.118. The SMILES string of the molecule is Cc1ccc(C)c(S(=O)(=O)N(C)c2ccc(OCC(=O)Nc3ccc(OC(F)F)cc3)cc2)c1. The summed E-state index contributed by atoms with van der Waals surface area (Å²) in [6, 6.07) is 17.0. The number of nitrogens with one attached hydrogen (secondary N) is 1. The first-order chi connectivity index (χ1) is 16.1. The molecule has 0 atom stereocenters. The highest BCUT2D eigenvalue weighted by Crippen LogP contribution is 2.27. The van der Waals surface area contributed by atoms with E-state index in [4.69, 9.17) is 4.74 Å². The van der Waals surface area contributed by atoms with Gasteiger partial charge >= 0.3 is 6.61 Å². The number of ether oxygens (including phenoxy) is 2. The molecule has 0 aliphatic rings. The van der Waals surface area contributed by atoms with Crippen LogP contribution in [-0.2, 0) is 14.8 Å². The predicted octanol–water partition coefficient (Wildman–Crippen LogP) is 4.75. The molecule has 7 nitrogen and oxygen atoms in total. The van der Waals surface area contributed by atoms with Gasteiger partial charge in [0.05, 0.1) is 10.6 Å². The average molecular weight is 491 g/mol. The van der Waals surface area contributed by atoms with Crippen LogP contribution in [0.5, 0.6) is 11.5 Å². The molecule has 0 aliphatic carbocycles. The lowest BCUT2D eigenvalue weighted by atomic mass is 10.2. The Labute approximate surface area is 197 Å². The third kappa shape index (κ3) is 6.22. The summed E-state index contributed by atoms with van der Waals surface area (Å²) in [6.45, 7) is 0.350. The quantitative estimate of drug-likeness (QED) is 0.468. The number of carbonyl (C=O) groups excluding carboxylic acids is 1. The van der Waals surface area contributed by atoms with E-state index in [-0.39, 0.29) is 17.3 Å². The molecule has 0 unspecified atom stereocenters. The smallest absolute Gasteiger partial charge is 0.387 e. The molecule has 10 heteroatoms. The number of benzene rings is 3. The molecular formula is C24H24F2N2O5S. The zero-order chi connectivity index (χ0) is 24.9. The van der Waals surface area contributed by atoms with Crippen LogP contribution >= 0.6 is 0 Å². The van der Waals surface area contributed by atoms with Crippen molar-refractivity contribution < 1.29 is 31.5 Å². The highest BCUT2D eigenvalue weighted by Gasteiger charge is 2.23. The molecule has 0 aromatic heterocycles. The molecule has 3 rings (SSSR count). The molecular weight excluding hydrogens is 466 g/mol. The topological polar surface area (TPSA) is 84.9 Å². The number of sulfonamides is 1. The van der Waals surface area contributed by atoms with Gasteiger partial charge in [-0.25, -0.2) is 8.42 Å². The van der Waals surface area contributed by atoms with Gasteiger partial charge in [-0.15, -0.1) is 0 Å². The van der Waals surface area contributed by atoms with Crippen molar-refractivity contribution in [1.82, 2.24) is 0 Å². The van der Waals surface area contributed by atoms with E-state index in [0.29, 0.717) is 22.7 Å². The molecule has 0 saturated carbocycles. The number of hydrogen-bond acceptors (Lipinski definition) is 5. The van der Waals surface area contributed by atoms with Crippen molar-refractivity contribution in [2.75, 3.05) is 23.3 Å². The van der Waals surface area contributed by atoms with E-state index >= 15 is 0 Å². The summed E-state index contributed by atoms with van der Waals surface area (Å²) in [5.74, 6) is -0.104. The highest BCUT2D eigenvalue weighted by molar-refractivity contribution is 7.92. The molecule has 1 N–H and O–H groups in total. The second-order valence-corrected chi connectivity index (χ2v) is 9.41. The van der Waals surface area contributed by atoms with Gasteiger partial charge in [-0.3, -0.25) is 9.10 Å². The number of alkyl halides is 2. The molecule has 0 spiro atoms. The van der Waals surface area contributed by atoms with Crippen LogP contribution in [-0.4, -0.2) is 34.6 Å². The summed E-state index contributed by atoms with van der Waals surface area (Å²) in [5.41, 5.74) is 2.32. The normalized spacial score (nSPS) is 11.2. The molecule has 3 aromatic carbocycles. The third-order valence-electron chi connectivity index (χ3n) is 4.92. The molecule has 180 valence electrons. The summed E-state index contributed by atoms with van der Waals surface area (Å²) in [7, 11) is -2.28. The van der Waals surface area contributed by atoms with Crippen molar-refractivity contribution in [3.05, 3.63) is 77.9 Å². The summed E-state index contributed by atoms with van der Waals surface area (Å²) < 4.78 is 61.4. The number of hydrogen-bond donors (Lipinski definition) is 1. The first-order valence-electron chi connectivity index (χ1n) is 10.2. The number of anilines is 2. The fraction of sp³-hybridized carbons (Fsp3) is 0.208. The number of rotatable bonds is 9. The minimum atomic E-state index is -3.75. The van der Waals surface area contributed by atoms with Crippen LogP contribution in [0.1, 0.15) is 11.1 Å². The Morgan fingerprint density at radius 3 is 2.21 bits per heavy atom. The Balaban J connectivity index is 1.59. The van der Waals surface area contributed by atoms with Crippen molar-refractivity contribution in [3.63, 3.8) is 0 Å². The Hall–Kier alpha value is -3.66. The summed E-state index contributed by atoms with van der Waals surface area (Å²) >= 11 is 0. The maximum atomic E-state index is 13.0. The average Bonchev–Trinajstić information content (AvgIpc) is 2.80.